The number of rotatable bonds is 8. The van der Waals surface area contributed by atoms with Gasteiger partial charge in [0.1, 0.15) is 23.1 Å². The molecular weight excluding hydrogens is 330 g/mol. The molecule has 6 nitrogen and oxygen atoms in total. The van der Waals surface area contributed by atoms with Crippen molar-refractivity contribution in [2.75, 3.05) is 31.4 Å². The van der Waals surface area contributed by atoms with E-state index in [2.05, 4.69) is 10.6 Å². The van der Waals surface area contributed by atoms with Crippen molar-refractivity contribution in [2.45, 2.75) is 6.92 Å². The zero-order valence-electron chi connectivity index (χ0n) is 15.0. The van der Waals surface area contributed by atoms with Crippen LogP contribution in [0.1, 0.15) is 6.92 Å². The van der Waals surface area contributed by atoms with E-state index in [4.69, 9.17) is 9.47 Å². The lowest BCUT2D eigenvalue weighted by molar-refractivity contribution is -0.113. The highest BCUT2D eigenvalue weighted by atomic mass is 16.5. The molecule has 0 aliphatic carbocycles. The molecule has 0 amide bonds. The number of carbonyl (C=O) groups excluding carboxylic acids is 1. The van der Waals surface area contributed by atoms with Gasteiger partial charge in [-0.25, -0.2) is 0 Å². The Bertz CT molecular complexity index is 819. The summed E-state index contributed by atoms with van der Waals surface area (Å²) in [7, 11) is 3.18. The summed E-state index contributed by atoms with van der Waals surface area (Å²) in [5, 5.41) is 15.4. The molecule has 0 unspecified atom stereocenters. The third-order valence-corrected chi connectivity index (χ3v) is 3.73. The molecule has 2 aromatic rings. The van der Waals surface area contributed by atoms with Crippen molar-refractivity contribution in [1.29, 1.82) is 5.26 Å². The predicted octanol–water partition coefficient (Wildman–Crippen LogP) is 3.59. The van der Waals surface area contributed by atoms with E-state index in [1.165, 1.54) is 0 Å². The summed E-state index contributed by atoms with van der Waals surface area (Å²) < 4.78 is 10.2. The second-order valence-corrected chi connectivity index (χ2v) is 5.47. The fraction of sp³-hybridized carbons (Fsp3) is 0.200. The molecule has 0 radical (unpaired) electrons. The lowest BCUT2D eigenvalue weighted by Gasteiger charge is -2.11. The summed E-state index contributed by atoms with van der Waals surface area (Å²) in [6, 6.07) is 16.4. The second kappa shape index (κ2) is 9.14. The van der Waals surface area contributed by atoms with Crippen molar-refractivity contribution in [3.63, 3.8) is 0 Å². The lowest BCUT2D eigenvalue weighted by Crippen LogP contribution is -2.18. The van der Waals surface area contributed by atoms with Crippen LogP contribution in [0.15, 0.2) is 59.8 Å². The Labute approximate surface area is 153 Å². The van der Waals surface area contributed by atoms with Gasteiger partial charge in [-0.2, -0.15) is 5.26 Å². The molecule has 6 heteroatoms. The molecule has 134 valence electrons. The van der Waals surface area contributed by atoms with Gasteiger partial charge in [0.25, 0.3) is 0 Å². The van der Waals surface area contributed by atoms with Crippen LogP contribution in [-0.2, 0) is 4.79 Å². The molecule has 0 saturated heterocycles. The highest BCUT2D eigenvalue weighted by Gasteiger charge is 2.13. The number of nitrogens with zero attached hydrogens (tertiary/aromatic N) is 1. The molecule has 0 aliphatic rings. The number of carbonyl (C=O) groups is 1. The van der Waals surface area contributed by atoms with E-state index in [1.54, 1.807) is 45.4 Å². The Kier molecular flexibility index (Phi) is 6.63. The number of hydrogen-bond acceptors (Lipinski definition) is 6. The summed E-state index contributed by atoms with van der Waals surface area (Å²) >= 11 is 0. The average molecular weight is 351 g/mol. The van der Waals surface area contributed by atoms with Crippen LogP contribution < -0.4 is 20.1 Å². The van der Waals surface area contributed by atoms with Gasteiger partial charge >= 0.3 is 0 Å². The predicted molar refractivity (Wildman–Crippen MR) is 101 cm³/mol. The van der Waals surface area contributed by atoms with Crippen LogP contribution >= 0.6 is 0 Å². The molecule has 2 N–H and O–H groups in total. The molecular formula is C20H21N3O3. The Morgan fingerprint density at radius 1 is 0.962 bits per heavy atom. The largest absolute Gasteiger partial charge is 0.497 e. The zero-order chi connectivity index (χ0) is 18.9. The van der Waals surface area contributed by atoms with Gasteiger partial charge in [0.15, 0.2) is 5.78 Å². The van der Waals surface area contributed by atoms with Crippen LogP contribution in [0.3, 0.4) is 0 Å². The van der Waals surface area contributed by atoms with E-state index in [0.29, 0.717) is 5.70 Å². The Morgan fingerprint density at radius 3 is 1.92 bits per heavy atom. The Morgan fingerprint density at radius 2 is 1.46 bits per heavy atom. The summed E-state index contributed by atoms with van der Waals surface area (Å²) in [4.78, 5) is 12.4. The third kappa shape index (κ3) is 5.02. The van der Waals surface area contributed by atoms with Gasteiger partial charge in [-0.1, -0.05) is 0 Å². The fourth-order valence-electron chi connectivity index (χ4n) is 2.29. The summed E-state index contributed by atoms with van der Waals surface area (Å²) in [5.41, 5.74) is 2.13. The third-order valence-electron chi connectivity index (χ3n) is 3.73. The highest BCUT2D eigenvalue weighted by Crippen LogP contribution is 2.18. The number of methoxy groups -OCH3 is 2. The maximum Gasteiger partial charge on any atom is 0.194 e. The minimum absolute atomic E-state index is 0.0247. The summed E-state index contributed by atoms with van der Waals surface area (Å²) in [5.74, 6) is 1.18. The monoisotopic (exact) mass is 351 g/mol. The molecule has 0 fully saturated rings. The minimum Gasteiger partial charge on any atom is -0.497 e. The van der Waals surface area contributed by atoms with Crippen LogP contribution in [0.4, 0.5) is 11.4 Å². The lowest BCUT2D eigenvalue weighted by atomic mass is 10.1. The topological polar surface area (TPSA) is 83.4 Å². The maximum absolute atomic E-state index is 12.4. The molecule has 2 rings (SSSR count). The Balaban J connectivity index is 2.02. The maximum atomic E-state index is 12.4. The van der Waals surface area contributed by atoms with Gasteiger partial charge in [0, 0.05) is 17.1 Å². The van der Waals surface area contributed by atoms with E-state index in [0.717, 1.165) is 22.9 Å². The van der Waals surface area contributed by atoms with E-state index < -0.39 is 0 Å². The number of anilines is 2. The first-order valence-corrected chi connectivity index (χ1v) is 8.00. The van der Waals surface area contributed by atoms with Gasteiger partial charge < -0.3 is 20.1 Å². The second-order valence-electron chi connectivity index (χ2n) is 5.47. The molecule has 0 heterocycles. The molecule has 2 aromatic carbocycles. The van der Waals surface area contributed by atoms with Crippen molar-refractivity contribution in [3.8, 4) is 17.6 Å². The smallest absolute Gasteiger partial charge is 0.194 e. The molecule has 0 spiro atoms. The fourth-order valence-corrected chi connectivity index (χ4v) is 2.29. The summed E-state index contributed by atoms with van der Waals surface area (Å²) in [6.45, 7) is 1.73. The SMILES string of the molecule is COc1ccc(NCC(=O)/C(C#N)=C(/C)Nc2ccc(OC)cc2)cc1. The van der Waals surface area contributed by atoms with E-state index >= 15 is 0 Å². The van der Waals surface area contributed by atoms with E-state index in [1.807, 2.05) is 30.3 Å². The quantitative estimate of drug-likeness (QED) is 0.558. The normalized spacial score (nSPS) is 11.0. The number of Topliss-reactive ketones (excluding diaryl/α,β-unsaturated/α-hetero) is 1. The number of nitrogens with one attached hydrogen (secondary N) is 2. The van der Waals surface area contributed by atoms with Crippen LogP contribution in [0.25, 0.3) is 0 Å². The summed E-state index contributed by atoms with van der Waals surface area (Å²) in [6.07, 6.45) is 0. The number of ether oxygens (including phenoxy) is 2. The van der Waals surface area contributed by atoms with Crippen molar-refractivity contribution in [2.24, 2.45) is 0 Å². The number of hydrogen-bond donors (Lipinski definition) is 2. The van der Waals surface area contributed by atoms with Crippen molar-refractivity contribution >= 4 is 17.2 Å². The molecule has 0 aliphatic heterocycles. The van der Waals surface area contributed by atoms with Crippen LogP contribution in [0, 0.1) is 11.3 Å². The van der Waals surface area contributed by atoms with Crippen molar-refractivity contribution in [3.05, 3.63) is 59.8 Å². The van der Waals surface area contributed by atoms with Crippen LogP contribution in [0.5, 0.6) is 11.5 Å². The van der Waals surface area contributed by atoms with Gasteiger partial charge in [-0.15, -0.1) is 0 Å². The first-order chi connectivity index (χ1) is 12.6. The molecule has 0 atom stereocenters. The van der Waals surface area contributed by atoms with E-state index in [-0.39, 0.29) is 17.9 Å². The number of benzene rings is 2. The van der Waals surface area contributed by atoms with Gasteiger partial charge in [-0.3, -0.25) is 4.79 Å². The molecule has 26 heavy (non-hydrogen) atoms. The Hall–Kier alpha value is -3.46. The minimum atomic E-state index is -0.290. The number of allylic oxidation sites excluding steroid dienone is 1. The highest BCUT2D eigenvalue weighted by molar-refractivity contribution is 6.02. The first-order valence-electron chi connectivity index (χ1n) is 8.00. The van der Waals surface area contributed by atoms with Gasteiger partial charge in [-0.05, 0) is 55.5 Å². The number of ketones is 1. The number of nitriles is 1. The van der Waals surface area contributed by atoms with Crippen LogP contribution in [-0.4, -0.2) is 26.5 Å². The van der Waals surface area contributed by atoms with Gasteiger partial charge in [0.05, 0.1) is 20.8 Å². The average Bonchev–Trinajstić information content (AvgIpc) is 2.68. The van der Waals surface area contributed by atoms with Crippen molar-refractivity contribution in [1.82, 2.24) is 0 Å². The molecule has 0 saturated carbocycles. The van der Waals surface area contributed by atoms with Crippen molar-refractivity contribution < 1.29 is 14.3 Å². The van der Waals surface area contributed by atoms with E-state index in [9.17, 15) is 10.1 Å². The zero-order valence-corrected chi connectivity index (χ0v) is 15.0. The molecule has 0 aromatic heterocycles. The first kappa shape index (κ1) is 18.9. The standard InChI is InChI=1S/C20H21N3O3/c1-14(23-16-6-10-18(26-3)11-7-16)19(12-21)20(24)13-22-15-4-8-17(25-2)9-5-15/h4-11,22-23H,13H2,1-3H3/b19-14-. The molecule has 0 bridgehead atoms. The van der Waals surface area contributed by atoms with Crippen LogP contribution in [0.2, 0.25) is 0 Å². The van der Waals surface area contributed by atoms with Gasteiger partial charge in [0.2, 0.25) is 0 Å².